The molecule has 136 valence electrons. The Morgan fingerprint density at radius 2 is 1.85 bits per heavy atom. The van der Waals surface area contributed by atoms with Crippen LogP contribution in [0.2, 0.25) is 5.02 Å². The minimum Gasteiger partial charge on any atom is -0.323 e. The SMILES string of the molecule is CN1CCN(Cc2ccc(NC(=O)/C=C/c3cccc(Cl)c3)cc2)CC1. The smallest absolute Gasteiger partial charge is 0.248 e. The van der Waals surface area contributed by atoms with Gasteiger partial charge < -0.3 is 10.2 Å². The minimum absolute atomic E-state index is 0.156. The molecule has 0 aromatic heterocycles. The van der Waals surface area contributed by atoms with Gasteiger partial charge in [-0.15, -0.1) is 0 Å². The Morgan fingerprint density at radius 1 is 1.12 bits per heavy atom. The van der Waals surface area contributed by atoms with Gasteiger partial charge in [-0.1, -0.05) is 35.9 Å². The van der Waals surface area contributed by atoms with E-state index in [1.165, 1.54) is 11.6 Å². The fourth-order valence-electron chi connectivity index (χ4n) is 2.92. The van der Waals surface area contributed by atoms with E-state index in [1.807, 2.05) is 36.4 Å². The number of rotatable bonds is 5. The fraction of sp³-hybridized carbons (Fsp3) is 0.286. The van der Waals surface area contributed by atoms with Gasteiger partial charge in [0.2, 0.25) is 5.91 Å². The lowest BCUT2D eigenvalue weighted by molar-refractivity contribution is -0.111. The van der Waals surface area contributed by atoms with E-state index in [0.717, 1.165) is 44.0 Å². The van der Waals surface area contributed by atoms with Crippen LogP contribution in [0.3, 0.4) is 0 Å². The predicted molar refractivity (Wildman–Crippen MR) is 108 cm³/mol. The molecule has 0 aliphatic carbocycles. The second kappa shape index (κ2) is 8.99. The number of nitrogens with zero attached hydrogens (tertiary/aromatic N) is 2. The maximum Gasteiger partial charge on any atom is 0.248 e. The van der Waals surface area contributed by atoms with Crippen molar-refractivity contribution in [2.75, 3.05) is 38.5 Å². The molecule has 1 saturated heterocycles. The first-order chi connectivity index (χ1) is 12.6. The number of carbonyl (C=O) groups is 1. The van der Waals surface area contributed by atoms with Gasteiger partial charge in [0.05, 0.1) is 0 Å². The number of benzene rings is 2. The van der Waals surface area contributed by atoms with Gasteiger partial charge in [-0.05, 0) is 48.5 Å². The van der Waals surface area contributed by atoms with Crippen LogP contribution in [-0.2, 0) is 11.3 Å². The third kappa shape index (κ3) is 5.70. The highest BCUT2D eigenvalue weighted by Gasteiger charge is 2.13. The van der Waals surface area contributed by atoms with E-state index >= 15 is 0 Å². The maximum absolute atomic E-state index is 12.1. The van der Waals surface area contributed by atoms with Crippen LogP contribution in [0.5, 0.6) is 0 Å². The van der Waals surface area contributed by atoms with Crippen molar-refractivity contribution in [3.63, 3.8) is 0 Å². The van der Waals surface area contributed by atoms with Gasteiger partial charge in [-0.2, -0.15) is 0 Å². The van der Waals surface area contributed by atoms with E-state index in [0.29, 0.717) is 5.02 Å². The van der Waals surface area contributed by atoms with Gasteiger partial charge in [0.15, 0.2) is 0 Å². The van der Waals surface area contributed by atoms with Gasteiger partial charge in [-0.3, -0.25) is 9.69 Å². The van der Waals surface area contributed by atoms with Gasteiger partial charge >= 0.3 is 0 Å². The summed E-state index contributed by atoms with van der Waals surface area (Å²) in [4.78, 5) is 16.9. The molecular formula is C21H24ClN3O. The van der Waals surface area contributed by atoms with Crippen molar-refractivity contribution in [3.8, 4) is 0 Å². The summed E-state index contributed by atoms with van der Waals surface area (Å²) in [6, 6.07) is 15.5. The number of piperazine rings is 1. The third-order valence-electron chi connectivity index (χ3n) is 4.50. The highest BCUT2D eigenvalue weighted by Crippen LogP contribution is 2.14. The second-order valence-electron chi connectivity index (χ2n) is 6.65. The lowest BCUT2D eigenvalue weighted by atomic mass is 10.1. The Hall–Kier alpha value is -2.14. The molecule has 0 spiro atoms. The van der Waals surface area contributed by atoms with Crippen LogP contribution in [0.15, 0.2) is 54.6 Å². The van der Waals surface area contributed by atoms with Crippen molar-refractivity contribution in [2.45, 2.75) is 6.54 Å². The first kappa shape index (κ1) is 18.6. The minimum atomic E-state index is -0.156. The molecule has 4 nitrogen and oxygen atoms in total. The lowest BCUT2D eigenvalue weighted by Gasteiger charge is -2.32. The van der Waals surface area contributed by atoms with Crippen molar-refractivity contribution in [1.29, 1.82) is 0 Å². The summed E-state index contributed by atoms with van der Waals surface area (Å²) < 4.78 is 0. The number of amides is 1. The normalized spacial score (nSPS) is 16.1. The zero-order valence-corrected chi connectivity index (χ0v) is 15.7. The summed E-state index contributed by atoms with van der Waals surface area (Å²) in [6.45, 7) is 5.39. The summed E-state index contributed by atoms with van der Waals surface area (Å²) >= 11 is 5.94. The third-order valence-corrected chi connectivity index (χ3v) is 4.73. The molecule has 2 aromatic carbocycles. The average molecular weight is 370 g/mol. The topological polar surface area (TPSA) is 35.6 Å². The fourth-order valence-corrected chi connectivity index (χ4v) is 3.12. The molecule has 1 aliphatic rings. The molecule has 2 aromatic rings. The molecular weight excluding hydrogens is 346 g/mol. The molecule has 0 unspecified atom stereocenters. The highest BCUT2D eigenvalue weighted by molar-refractivity contribution is 6.30. The van der Waals surface area contributed by atoms with Crippen LogP contribution >= 0.6 is 11.6 Å². The molecule has 1 heterocycles. The average Bonchev–Trinajstić information content (AvgIpc) is 2.64. The maximum atomic E-state index is 12.1. The van der Waals surface area contributed by atoms with Gasteiger partial charge in [0.25, 0.3) is 0 Å². The molecule has 1 aliphatic heterocycles. The summed E-state index contributed by atoms with van der Waals surface area (Å²) in [6.07, 6.45) is 3.27. The highest BCUT2D eigenvalue weighted by atomic mass is 35.5. The van der Waals surface area contributed by atoms with E-state index in [2.05, 4.69) is 34.3 Å². The van der Waals surface area contributed by atoms with Crippen LogP contribution in [0.1, 0.15) is 11.1 Å². The molecule has 0 saturated carbocycles. The van der Waals surface area contributed by atoms with E-state index in [1.54, 1.807) is 6.08 Å². The summed E-state index contributed by atoms with van der Waals surface area (Å²) in [5.74, 6) is -0.156. The molecule has 3 rings (SSSR count). The Labute approximate surface area is 160 Å². The van der Waals surface area contributed by atoms with Crippen molar-refractivity contribution in [2.24, 2.45) is 0 Å². The monoisotopic (exact) mass is 369 g/mol. The molecule has 0 atom stereocenters. The number of likely N-dealkylation sites (N-methyl/N-ethyl adjacent to an activating group) is 1. The van der Waals surface area contributed by atoms with Crippen molar-refractivity contribution >= 4 is 29.3 Å². The summed E-state index contributed by atoms with van der Waals surface area (Å²) in [7, 11) is 2.16. The van der Waals surface area contributed by atoms with Crippen LogP contribution in [-0.4, -0.2) is 48.9 Å². The summed E-state index contributed by atoms with van der Waals surface area (Å²) in [5, 5.41) is 3.54. The zero-order chi connectivity index (χ0) is 18.4. The quantitative estimate of drug-likeness (QED) is 0.815. The number of carbonyl (C=O) groups excluding carboxylic acids is 1. The van der Waals surface area contributed by atoms with E-state index in [4.69, 9.17) is 11.6 Å². The van der Waals surface area contributed by atoms with Crippen molar-refractivity contribution in [3.05, 3.63) is 70.8 Å². The number of halogens is 1. The first-order valence-electron chi connectivity index (χ1n) is 8.83. The number of hydrogen-bond acceptors (Lipinski definition) is 3. The molecule has 1 N–H and O–H groups in total. The number of nitrogens with one attached hydrogen (secondary N) is 1. The van der Waals surface area contributed by atoms with Crippen LogP contribution in [0.25, 0.3) is 6.08 Å². The molecule has 0 radical (unpaired) electrons. The Kier molecular flexibility index (Phi) is 6.45. The largest absolute Gasteiger partial charge is 0.323 e. The molecule has 1 fully saturated rings. The first-order valence-corrected chi connectivity index (χ1v) is 9.21. The molecule has 1 amide bonds. The standard InChI is InChI=1S/C21H24ClN3O/c1-24-11-13-25(14-12-24)16-18-5-8-20(9-6-18)23-21(26)10-7-17-3-2-4-19(22)15-17/h2-10,15H,11-14,16H2,1H3,(H,23,26)/b10-7+. The van der Waals surface area contributed by atoms with Crippen molar-refractivity contribution < 1.29 is 4.79 Å². The molecule has 5 heteroatoms. The Balaban J connectivity index is 1.51. The number of hydrogen-bond donors (Lipinski definition) is 1. The number of anilines is 1. The molecule has 0 bridgehead atoms. The Bertz CT molecular complexity index is 765. The Morgan fingerprint density at radius 3 is 2.54 bits per heavy atom. The summed E-state index contributed by atoms with van der Waals surface area (Å²) in [5.41, 5.74) is 2.96. The van der Waals surface area contributed by atoms with Crippen LogP contribution < -0.4 is 5.32 Å². The molecule has 26 heavy (non-hydrogen) atoms. The lowest BCUT2D eigenvalue weighted by Crippen LogP contribution is -2.43. The van der Waals surface area contributed by atoms with Crippen molar-refractivity contribution in [1.82, 2.24) is 9.80 Å². The van der Waals surface area contributed by atoms with E-state index < -0.39 is 0 Å². The zero-order valence-electron chi connectivity index (χ0n) is 15.0. The van der Waals surface area contributed by atoms with E-state index in [-0.39, 0.29) is 5.91 Å². The van der Waals surface area contributed by atoms with Crippen LogP contribution in [0.4, 0.5) is 5.69 Å². The van der Waals surface area contributed by atoms with Gasteiger partial charge in [0.1, 0.15) is 0 Å². The van der Waals surface area contributed by atoms with Gasteiger partial charge in [-0.25, -0.2) is 0 Å². The second-order valence-corrected chi connectivity index (χ2v) is 7.09. The predicted octanol–water partition coefficient (Wildman–Crippen LogP) is 3.74. The van der Waals surface area contributed by atoms with Gasteiger partial charge in [0, 0.05) is 49.5 Å². The van der Waals surface area contributed by atoms with E-state index in [9.17, 15) is 4.79 Å². The van der Waals surface area contributed by atoms with Crippen LogP contribution in [0, 0.1) is 0 Å².